The van der Waals surface area contributed by atoms with Crippen molar-refractivity contribution in [1.82, 2.24) is 0 Å². The van der Waals surface area contributed by atoms with Crippen molar-refractivity contribution in [2.45, 2.75) is 0 Å². The highest BCUT2D eigenvalue weighted by atomic mass is 35.5. The Balaban J connectivity index is 2.54. The van der Waals surface area contributed by atoms with Crippen LogP contribution in [0.3, 0.4) is 0 Å². The van der Waals surface area contributed by atoms with Gasteiger partial charge in [-0.2, -0.15) is 5.26 Å². The molecule has 0 saturated heterocycles. The Morgan fingerprint density at radius 3 is 2.50 bits per heavy atom. The van der Waals surface area contributed by atoms with E-state index in [4.69, 9.17) is 16.9 Å². The number of halogens is 1. The zero-order valence-electron chi connectivity index (χ0n) is 8.31. The largest absolute Gasteiger partial charge is 0.507 e. The number of phenolic OH excluding ortho intramolecular Hbond substituents is 1. The van der Waals surface area contributed by atoms with E-state index in [2.05, 4.69) is 0 Å². The van der Waals surface area contributed by atoms with E-state index in [0.717, 1.165) is 11.1 Å². The second-order valence-corrected chi connectivity index (χ2v) is 3.79. The molecule has 0 spiro atoms. The molecule has 0 saturated carbocycles. The number of hydrogen-bond donors (Lipinski definition) is 1. The first-order valence-electron chi connectivity index (χ1n) is 4.70. The minimum Gasteiger partial charge on any atom is -0.507 e. The second kappa shape index (κ2) is 4.26. The molecule has 0 unspecified atom stereocenters. The van der Waals surface area contributed by atoms with Crippen LogP contribution in [-0.4, -0.2) is 5.11 Å². The molecule has 0 fully saturated rings. The van der Waals surface area contributed by atoms with E-state index in [1.54, 1.807) is 18.2 Å². The van der Waals surface area contributed by atoms with Gasteiger partial charge in [-0.05, 0) is 35.4 Å². The van der Waals surface area contributed by atoms with Crippen LogP contribution in [0, 0.1) is 11.3 Å². The standard InChI is InChI=1S/C13H8ClNO/c14-12-3-1-2-9(7-12)10-4-5-13(16)11(6-10)8-15/h1-7,16H. The Hall–Kier alpha value is -1.98. The summed E-state index contributed by atoms with van der Waals surface area (Å²) < 4.78 is 0. The summed E-state index contributed by atoms with van der Waals surface area (Å²) in [5, 5.41) is 18.8. The predicted molar refractivity (Wildman–Crippen MR) is 63.3 cm³/mol. The summed E-state index contributed by atoms with van der Waals surface area (Å²) in [7, 11) is 0. The van der Waals surface area contributed by atoms with Crippen LogP contribution < -0.4 is 0 Å². The van der Waals surface area contributed by atoms with Crippen molar-refractivity contribution >= 4 is 11.6 Å². The Labute approximate surface area is 98.3 Å². The lowest BCUT2D eigenvalue weighted by atomic mass is 10.0. The van der Waals surface area contributed by atoms with Gasteiger partial charge in [0.25, 0.3) is 0 Å². The van der Waals surface area contributed by atoms with Crippen molar-refractivity contribution in [3.63, 3.8) is 0 Å². The molecule has 2 nitrogen and oxygen atoms in total. The fraction of sp³-hybridized carbons (Fsp3) is 0. The van der Waals surface area contributed by atoms with Crippen LogP contribution in [0.4, 0.5) is 0 Å². The average molecular weight is 230 g/mol. The van der Waals surface area contributed by atoms with Crippen LogP contribution in [0.2, 0.25) is 5.02 Å². The molecule has 2 rings (SSSR count). The van der Waals surface area contributed by atoms with E-state index in [1.165, 1.54) is 6.07 Å². The molecule has 16 heavy (non-hydrogen) atoms. The van der Waals surface area contributed by atoms with Crippen LogP contribution in [-0.2, 0) is 0 Å². The van der Waals surface area contributed by atoms with Gasteiger partial charge >= 0.3 is 0 Å². The fourth-order valence-corrected chi connectivity index (χ4v) is 1.66. The first kappa shape index (κ1) is 10.5. The Morgan fingerprint density at radius 1 is 1.06 bits per heavy atom. The molecule has 0 aliphatic carbocycles. The topological polar surface area (TPSA) is 44.0 Å². The first-order chi connectivity index (χ1) is 7.70. The average Bonchev–Trinajstić information content (AvgIpc) is 2.29. The molecular weight excluding hydrogens is 222 g/mol. The predicted octanol–water partition coefficient (Wildman–Crippen LogP) is 3.58. The van der Waals surface area contributed by atoms with Crippen LogP contribution >= 0.6 is 11.6 Å². The maximum Gasteiger partial charge on any atom is 0.133 e. The first-order valence-corrected chi connectivity index (χ1v) is 5.07. The molecule has 3 heteroatoms. The lowest BCUT2D eigenvalue weighted by Crippen LogP contribution is -1.81. The number of benzene rings is 2. The van der Waals surface area contributed by atoms with Crippen molar-refractivity contribution < 1.29 is 5.11 Å². The Morgan fingerprint density at radius 2 is 1.81 bits per heavy atom. The molecule has 0 aliphatic rings. The number of aromatic hydroxyl groups is 1. The molecule has 1 N–H and O–H groups in total. The number of phenols is 1. The van der Waals surface area contributed by atoms with Gasteiger partial charge in [-0.1, -0.05) is 29.8 Å². The van der Waals surface area contributed by atoms with Crippen molar-refractivity contribution in [3.8, 4) is 22.9 Å². The zero-order chi connectivity index (χ0) is 11.5. The van der Waals surface area contributed by atoms with Crippen molar-refractivity contribution in [3.05, 3.63) is 53.1 Å². The fourth-order valence-electron chi connectivity index (χ4n) is 1.47. The quantitative estimate of drug-likeness (QED) is 0.812. The zero-order valence-corrected chi connectivity index (χ0v) is 9.07. The molecule has 0 heterocycles. The van der Waals surface area contributed by atoms with Crippen molar-refractivity contribution in [2.24, 2.45) is 0 Å². The number of nitriles is 1. The van der Waals surface area contributed by atoms with E-state index < -0.39 is 0 Å². The monoisotopic (exact) mass is 229 g/mol. The van der Waals surface area contributed by atoms with Crippen LogP contribution in [0.5, 0.6) is 5.75 Å². The molecule has 2 aromatic rings. The lowest BCUT2D eigenvalue weighted by molar-refractivity contribution is 0.473. The maximum atomic E-state index is 9.39. The normalized spacial score (nSPS) is 9.75. The van der Waals surface area contributed by atoms with Gasteiger partial charge in [-0.15, -0.1) is 0 Å². The van der Waals surface area contributed by atoms with Gasteiger partial charge in [0, 0.05) is 5.02 Å². The molecule has 0 atom stereocenters. The smallest absolute Gasteiger partial charge is 0.133 e. The van der Waals surface area contributed by atoms with Gasteiger partial charge in [0.05, 0.1) is 5.56 Å². The molecular formula is C13H8ClNO. The van der Waals surface area contributed by atoms with Gasteiger partial charge in [0.1, 0.15) is 11.8 Å². The van der Waals surface area contributed by atoms with Gasteiger partial charge in [-0.25, -0.2) is 0 Å². The van der Waals surface area contributed by atoms with E-state index in [1.807, 2.05) is 24.3 Å². The van der Waals surface area contributed by atoms with Crippen molar-refractivity contribution in [1.29, 1.82) is 5.26 Å². The molecule has 0 aromatic heterocycles. The molecule has 0 radical (unpaired) electrons. The summed E-state index contributed by atoms with van der Waals surface area (Å²) in [5.74, 6) is -0.00622. The van der Waals surface area contributed by atoms with Crippen LogP contribution in [0.1, 0.15) is 5.56 Å². The van der Waals surface area contributed by atoms with E-state index in [9.17, 15) is 5.11 Å². The molecule has 78 valence electrons. The van der Waals surface area contributed by atoms with Gasteiger partial charge in [0.15, 0.2) is 0 Å². The Bertz CT molecular complexity index is 572. The SMILES string of the molecule is N#Cc1cc(-c2cccc(Cl)c2)ccc1O. The van der Waals surface area contributed by atoms with Gasteiger partial charge in [0.2, 0.25) is 0 Å². The third kappa shape index (κ3) is 2.00. The minimum atomic E-state index is -0.00622. The van der Waals surface area contributed by atoms with Crippen molar-refractivity contribution in [2.75, 3.05) is 0 Å². The summed E-state index contributed by atoms with van der Waals surface area (Å²) in [6.07, 6.45) is 0. The number of rotatable bonds is 1. The lowest BCUT2D eigenvalue weighted by Gasteiger charge is -2.03. The number of hydrogen-bond acceptors (Lipinski definition) is 2. The van der Waals surface area contributed by atoms with E-state index in [0.29, 0.717) is 5.02 Å². The van der Waals surface area contributed by atoms with Crippen LogP contribution in [0.15, 0.2) is 42.5 Å². The second-order valence-electron chi connectivity index (χ2n) is 3.35. The molecule has 0 aliphatic heterocycles. The van der Waals surface area contributed by atoms with E-state index >= 15 is 0 Å². The highest BCUT2D eigenvalue weighted by Crippen LogP contribution is 2.26. The summed E-state index contributed by atoms with van der Waals surface area (Å²) in [4.78, 5) is 0. The summed E-state index contributed by atoms with van der Waals surface area (Å²) in [6.45, 7) is 0. The summed E-state index contributed by atoms with van der Waals surface area (Å²) in [6, 6.07) is 14.2. The highest BCUT2D eigenvalue weighted by Gasteiger charge is 2.03. The summed E-state index contributed by atoms with van der Waals surface area (Å²) in [5.41, 5.74) is 2.04. The van der Waals surface area contributed by atoms with Gasteiger partial charge in [-0.3, -0.25) is 0 Å². The van der Waals surface area contributed by atoms with Crippen LogP contribution in [0.25, 0.3) is 11.1 Å². The summed E-state index contributed by atoms with van der Waals surface area (Å²) >= 11 is 5.89. The Kier molecular flexibility index (Phi) is 2.80. The minimum absolute atomic E-state index is 0.00622. The highest BCUT2D eigenvalue weighted by molar-refractivity contribution is 6.30. The molecule has 0 bridgehead atoms. The van der Waals surface area contributed by atoms with Gasteiger partial charge < -0.3 is 5.11 Å². The maximum absolute atomic E-state index is 9.39. The third-order valence-electron chi connectivity index (χ3n) is 2.27. The molecule has 0 amide bonds. The number of nitrogens with zero attached hydrogens (tertiary/aromatic N) is 1. The molecule has 2 aromatic carbocycles. The third-order valence-corrected chi connectivity index (χ3v) is 2.51. The van der Waals surface area contributed by atoms with E-state index in [-0.39, 0.29) is 11.3 Å².